The Morgan fingerprint density at radius 2 is 2.03 bits per heavy atom. The first kappa shape index (κ1) is 19.1. The van der Waals surface area contributed by atoms with Crippen molar-refractivity contribution in [3.05, 3.63) is 41.9 Å². The van der Waals surface area contributed by atoms with Gasteiger partial charge in [-0.25, -0.2) is 4.98 Å². The van der Waals surface area contributed by atoms with E-state index < -0.39 is 0 Å². The van der Waals surface area contributed by atoms with Crippen LogP contribution in [-0.4, -0.2) is 64.0 Å². The van der Waals surface area contributed by atoms with Crippen LogP contribution in [0.1, 0.15) is 32.8 Å². The number of ether oxygens (including phenoxy) is 1. The molecule has 2 atom stereocenters. The van der Waals surface area contributed by atoms with Gasteiger partial charge in [0.05, 0.1) is 24.9 Å². The molecule has 1 fully saturated rings. The second-order valence-corrected chi connectivity index (χ2v) is 8.40. The Hall–Kier alpha value is -2.93. The summed E-state index contributed by atoms with van der Waals surface area (Å²) >= 11 is 0. The molecule has 7 heteroatoms. The van der Waals surface area contributed by atoms with Crippen molar-refractivity contribution in [1.29, 1.82) is 0 Å². The Labute approximate surface area is 176 Å². The minimum atomic E-state index is 0.282. The van der Waals surface area contributed by atoms with E-state index in [4.69, 9.17) is 9.72 Å². The molecule has 1 unspecified atom stereocenters. The first-order valence-electron chi connectivity index (χ1n) is 10.6. The summed E-state index contributed by atoms with van der Waals surface area (Å²) in [6.07, 6.45) is 4.66. The van der Waals surface area contributed by atoms with Crippen molar-refractivity contribution in [2.24, 2.45) is 0 Å². The van der Waals surface area contributed by atoms with Gasteiger partial charge in [-0.1, -0.05) is 0 Å². The number of hydrogen-bond acceptors (Lipinski definition) is 6. The van der Waals surface area contributed by atoms with E-state index in [-0.39, 0.29) is 6.04 Å². The van der Waals surface area contributed by atoms with Crippen molar-refractivity contribution in [2.75, 3.05) is 31.7 Å². The first-order valence-corrected chi connectivity index (χ1v) is 10.6. The number of hydrogen-bond donors (Lipinski definition) is 1. The van der Waals surface area contributed by atoms with Crippen LogP contribution in [0.3, 0.4) is 0 Å². The third kappa shape index (κ3) is 3.04. The van der Waals surface area contributed by atoms with E-state index >= 15 is 0 Å². The maximum atomic E-state index is 5.67. The molecular weight excluding hydrogens is 376 g/mol. The molecule has 3 aromatic heterocycles. The molecule has 5 rings (SSSR count). The van der Waals surface area contributed by atoms with Gasteiger partial charge in [-0.15, -0.1) is 0 Å². The molecule has 1 N–H and O–H groups in total. The van der Waals surface area contributed by atoms with Crippen molar-refractivity contribution in [3.8, 4) is 11.4 Å². The van der Waals surface area contributed by atoms with Crippen molar-refractivity contribution < 1.29 is 4.74 Å². The van der Waals surface area contributed by atoms with Crippen LogP contribution in [-0.2, 0) is 4.74 Å². The smallest absolute Gasteiger partial charge is 0.130 e. The summed E-state index contributed by atoms with van der Waals surface area (Å²) in [5, 5.41) is 8.32. The van der Waals surface area contributed by atoms with Gasteiger partial charge in [0.15, 0.2) is 0 Å². The zero-order valence-electron chi connectivity index (χ0n) is 18.0. The van der Waals surface area contributed by atoms with E-state index in [2.05, 4.69) is 64.9 Å². The average molecular weight is 405 g/mol. The van der Waals surface area contributed by atoms with Crippen LogP contribution in [0.4, 0.5) is 5.82 Å². The second kappa shape index (κ2) is 7.40. The number of nitrogens with zero attached hydrogens (tertiary/aromatic N) is 5. The number of aromatic amines is 1. The number of allylic oxidation sites excluding steroid dienone is 1. The van der Waals surface area contributed by atoms with Gasteiger partial charge in [-0.05, 0) is 56.5 Å². The molecule has 0 aromatic carbocycles. The standard InChI is InChI=1S/C23H28N6O/c1-14-11-18(16(3)28(14)4)19-12-21(29-9-10-30-13-15(29)2)26-22-17(19)5-7-24-23(22)20-6-8-25-27-20/h5-8,12,14-15H,9-11,13H2,1-4H3,(H,25,27)/t14?,15-/m1/s1. The lowest BCUT2D eigenvalue weighted by atomic mass is 9.96. The molecule has 2 aliphatic rings. The van der Waals surface area contributed by atoms with E-state index in [1.165, 1.54) is 16.8 Å². The number of nitrogens with one attached hydrogen (secondary N) is 1. The predicted molar refractivity (Wildman–Crippen MR) is 119 cm³/mol. The molecule has 1 saturated heterocycles. The third-order valence-electron chi connectivity index (χ3n) is 6.58. The fourth-order valence-electron chi connectivity index (χ4n) is 4.62. The quantitative estimate of drug-likeness (QED) is 0.718. The highest BCUT2D eigenvalue weighted by Gasteiger charge is 2.28. The molecule has 0 amide bonds. The molecule has 2 aliphatic heterocycles. The molecule has 0 bridgehead atoms. The van der Waals surface area contributed by atoms with E-state index in [1.54, 1.807) is 6.20 Å². The number of pyridine rings is 2. The lowest BCUT2D eigenvalue weighted by Gasteiger charge is -2.34. The van der Waals surface area contributed by atoms with Crippen LogP contribution in [0.25, 0.3) is 27.9 Å². The van der Waals surface area contributed by atoms with Gasteiger partial charge < -0.3 is 14.5 Å². The minimum absolute atomic E-state index is 0.282. The summed E-state index contributed by atoms with van der Waals surface area (Å²) in [6, 6.07) is 7.08. The predicted octanol–water partition coefficient (Wildman–Crippen LogP) is 3.70. The fraction of sp³-hybridized carbons (Fsp3) is 0.435. The number of H-pyrrole nitrogens is 1. The molecule has 30 heavy (non-hydrogen) atoms. The summed E-state index contributed by atoms with van der Waals surface area (Å²) in [7, 11) is 2.18. The van der Waals surface area contributed by atoms with E-state index in [9.17, 15) is 0 Å². The van der Waals surface area contributed by atoms with Gasteiger partial charge in [-0.2, -0.15) is 5.10 Å². The van der Waals surface area contributed by atoms with Crippen molar-refractivity contribution in [3.63, 3.8) is 0 Å². The number of anilines is 1. The van der Waals surface area contributed by atoms with E-state index in [0.29, 0.717) is 6.04 Å². The SMILES string of the molecule is CC1=C(c2cc(N3CCOC[C@H]3C)nc3c(-c4ccn[nH]4)nccc23)CC(C)N1C. The number of morpholine rings is 1. The van der Waals surface area contributed by atoms with Crippen LogP contribution in [0.2, 0.25) is 0 Å². The number of aromatic nitrogens is 4. The van der Waals surface area contributed by atoms with Crippen LogP contribution < -0.4 is 4.90 Å². The van der Waals surface area contributed by atoms with E-state index in [1.807, 2.05) is 12.3 Å². The van der Waals surface area contributed by atoms with Gasteiger partial charge in [0, 0.05) is 43.1 Å². The maximum absolute atomic E-state index is 5.67. The third-order valence-corrected chi connectivity index (χ3v) is 6.58. The largest absolute Gasteiger partial charge is 0.377 e. The molecule has 7 nitrogen and oxygen atoms in total. The Bertz CT molecular complexity index is 1110. The molecule has 0 spiro atoms. The van der Waals surface area contributed by atoms with E-state index in [0.717, 1.165) is 54.3 Å². The number of rotatable bonds is 3. The summed E-state index contributed by atoms with van der Waals surface area (Å²) in [5.74, 6) is 0.990. The normalized spacial score (nSPS) is 22.4. The molecular formula is C23H28N6O. The zero-order chi connectivity index (χ0) is 20.8. The van der Waals surface area contributed by atoms with Gasteiger partial charge in [0.25, 0.3) is 0 Å². The number of fused-ring (bicyclic) bond motifs is 1. The fourth-order valence-corrected chi connectivity index (χ4v) is 4.62. The minimum Gasteiger partial charge on any atom is -0.377 e. The molecule has 0 aliphatic carbocycles. The van der Waals surface area contributed by atoms with Crippen molar-refractivity contribution in [2.45, 2.75) is 39.3 Å². The molecule has 3 aromatic rings. The first-order chi connectivity index (χ1) is 14.5. The highest BCUT2D eigenvalue weighted by Crippen LogP contribution is 2.40. The van der Waals surface area contributed by atoms with Crippen molar-refractivity contribution >= 4 is 22.3 Å². The topological polar surface area (TPSA) is 70.2 Å². The maximum Gasteiger partial charge on any atom is 0.130 e. The van der Waals surface area contributed by atoms with Crippen LogP contribution in [0.15, 0.2) is 36.3 Å². The highest BCUT2D eigenvalue weighted by molar-refractivity contribution is 5.99. The lowest BCUT2D eigenvalue weighted by Crippen LogP contribution is -2.44. The van der Waals surface area contributed by atoms with Crippen LogP contribution in [0.5, 0.6) is 0 Å². The molecule has 0 radical (unpaired) electrons. The Kier molecular flexibility index (Phi) is 4.70. The second-order valence-electron chi connectivity index (χ2n) is 8.40. The summed E-state index contributed by atoms with van der Waals surface area (Å²) in [5.41, 5.74) is 6.61. The van der Waals surface area contributed by atoms with Gasteiger partial charge in [0.1, 0.15) is 17.0 Å². The summed E-state index contributed by atoms with van der Waals surface area (Å²) in [4.78, 5) is 14.5. The summed E-state index contributed by atoms with van der Waals surface area (Å²) in [6.45, 7) is 8.98. The zero-order valence-corrected chi connectivity index (χ0v) is 18.0. The highest BCUT2D eigenvalue weighted by atomic mass is 16.5. The van der Waals surface area contributed by atoms with Gasteiger partial charge >= 0.3 is 0 Å². The Balaban J connectivity index is 1.77. The summed E-state index contributed by atoms with van der Waals surface area (Å²) < 4.78 is 5.67. The Morgan fingerprint density at radius 3 is 2.73 bits per heavy atom. The van der Waals surface area contributed by atoms with Crippen LogP contribution in [0, 0.1) is 0 Å². The van der Waals surface area contributed by atoms with Gasteiger partial charge in [0.2, 0.25) is 0 Å². The monoisotopic (exact) mass is 404 g/mol. The molecule has 5 heterocycles. The van der Waals surface area contributed by atoms with Gasteiger partial charge in [-0.3, -0.25) is 10.1 Å². The van der Waals surface area contributed by atoms with Crippen molar-refractivity contribution in [1.82, 2.24) is 25.1 Å². The lowest BCUT2D eigenvalue weighted by molar-refractivity contribution is 0.0985. The Morgan fingerprint density at radius 1 is 1.17 bits per heavy atom. The average Bonchev–Trinajstić information content (AvgIpc) is 3.38. The molecule has 0 saturated carbocycles. The van der Waals surface area contributed by atoms with Crippen LogP contribution >= 0.6 is 0 Å². The molecule has 156 valence electrons.